The molecule has 31 heavy (non-hydrogen) atoms. The molecule has 3 aromatic carbocycles. The number of sulfonamides is 1. The fourth-order valence-electron chi connectivity index (χ4n) is 3.05. The van der Waals surface area contributed by atoms with Crippen molar-refractivity contribution in [1.29, 1.82) is 0 Å². The molecule has 0 aliphatic heterocycles. The molecular formula is C23H22BrClN2O3S. The summed E-state index contributed by atoms with van der Waals surface area (Å²) in [5.41, 5.74) is 1.71. The van der Waals surface area contributed by atoms with Crippen LogP contribution < -0.4 is 5.32 Å². The Bertz CT molecular complexity index is 1120. The van der Waals surface area contributed by atoms with Crippen LogP contribution in [0.2, 0.25) is 5.02 Å². The molecule has 1 N–H and O–H groups in total. The topological polar surface area (TPSA) is 66.5 Å². The Morgan fingerprint density at radius 3 is 2.23 bits per heavy atom. The van der Waals surface area contributed by atoms with E-state index in [1.807, 2.05) is 61.5 Å². The Morgan fingerprint density at radius 1 is 1.00 bits per heavy atom. The van der Waals surface area contributed by atoms with Gasteiger partial charge in [0.05, 0.1) is 17.5 Å². The van der Waals surface area contributed by atoms with Crippen LogP contribution in [0.4, 0.5) is 0 Å². The number of nitrogens with zero attached hydrogens (tertiary/aromatic N) is 1. The Labute approximate surface area is 196 Å². The Balaban J connectivity index is 1.81. The summed E-state index contributed by atoms with van der Waals surface area (Å²) < 4.78 is 28.7. The van der Waals surface area contributed by atoms with Gasteiger partial charge in [-0.15, -0.1) is 0 Å². The zero-order valence-corrected chi connectivity index (χ0v) is 20.0. The highest BCUT2D eigenvalue weighted by molar-refractivity contribution is 9.10. The molecule has 5 nitrogen and oxygen atoms in total. The minimum atomic E-state index is -3.91. The number of hydrogen-bond donors (Lipinski definition) is 1. The molecule has 1 atom stereocenters. The molecule has 0 bridgehead atoms. The minimum Gasteiger partial charge on any atom is -0.348 e. The molecule has 0 spiro atoms. The van der Waals surface area contributed by atoms with Crippen LogP contribution in [-0.4, -0.2) is 25.2 Å². The molecule has 0 unspecified atom stereocenters. The van der Waals surface area contributed by atoms with Crippen molar-refractivity contribution in [3.63, 3.8) is 0 Å². The first-order chi connectivity index (χ1) is 14.8. The molecular weight excluding hydrogens is 500 g/mol. The van der Waals surface area contributed by atoms with Gasteiger partial charge in [0.25, 0.3) is 0 Å². The molecule has 0 fully saturated rings. The van der Waals surface area contributed by atoms with Crippen LogP contribution in [0.3, 0.4) is 0 Å². The van der Waals surface area contributed by atoms with Gasteiger partial charge in [-0.1, -0.05) is 70.0 Å². The van der Waals surface area contributed by atoms with Gasteiger partial charge in [0.2, 0.25) is 15.9 Å². The van der Waals surface area contributed by atoms with Gasteiger partial charge in [-0.3, -0.25) is 4.79 Å². The van der Waals surface area contributed by atoms with Crippen molar-refractivity contribution >= 4 is 43.5 Å². The molecule has 0 heterocycles. The van der Waals surface area contributed by atoms with Crippen LogP contribution in [0.15, 0.2) is 88.2 Å². The second-order valence-electron chi connectivity index (χ2n) is 7.05. The molecule has 3 aromatic rings. The van der Waals surface area contributed by atoms with Crippen molar-refractivity contribution in [3.05, 3.63) is 99.5 Å². The number of rotatable bonds is 8. The van der Waals surface area contributed by atoms with E-state index in [-0.39, 0.29) is 29.9 Å². The first-order valence-corrected chi connectivity index (χ1v) is 12.2. The maximum atomic E-state index is 13.3. The third-order valence-corrected chi connectivity index (χ3v) is 7.31. The number of benzene rings is 3. The van der Waals surface area contributed by atoms with Gasteiger partial charge in [0, 0.05) is 16.0 Å². The van der Waals surface area contributed by atoms with Gasteiger partial charge in [-0.25, -0.2) is 8.42 Å². The first-order valence-electron chi connectivity index (χ1n) is 9.60. The molecule has 0 aliphatic rings. The number of nitrogens with one attached hydrogen (secondary N) is 1. The Morgan fingerprint density at radius 2 is 1.61 bits per heavy atom. The molecule has 1 amide bonds. The lowest BCUT2D eigenvalue weighted by atomic mass is 10.1. The second kappa shape index (κ2) is 10.4. The van der Waals surface area contributed by atoms with Crippen molar-refractivity contribution in [1.82, 2.24) is 9.62 Å². The van der Waals surface area contributed by atoms with E-state index in [0.717, 1.165) is 15.6 Å². The highest BCUT2D eigenvalue weighted by atomic mass is 79.9. The average molecular weight is 522 g/mol. The minimum absolute atomic E-state index is 0.0753. The molecule has 162 valence electrons. The van der Waals surface area contributed by atoms with E-state index in [2.05, 4.69) is 21.2 Å². The maximum Gasteiger partial charge on any atom is 0.243 e. The Hall–Kier alpha value is -2.19. The summed E-state index contributed by atoms with van der Waals surface area (Å²) in [6.07, 6.45) is 0. The van der Waals surface area contributed by atoms with Gasteiger partial charge >= 0.3 is 0 Å². The van der Waals surface area contributed by atoms with E-state index in [0.29, 0.717) is 5.02 Å². The maximum absolute atomic E-state index is 13.3. The van der Waals surface area contributed by atoms with E-state index in [1.54, 1.807) is 0 Å². The number of hydrogen-bond acceptors (Lipinski definition) is 3. The summed E-state index contributed by atoms with van der Waals surface area (Å²) in [7, 11) is -3.91. The van der Waals surface area contributed by atoms with Crippen molar-refractivity contribution in [2.45, 2.75) is 24.4 Å². The van der Waals surface area contributed by atoms with E-state index in [4.69, 9.17) is 11.6 Å². The number of halogens is 2. The second-order valence-corrected chi connectivity index (χ2v) is 10.3. The largest absolute Gasteiger partial charge is 0.348 e. The third kappa shape index (κ3) is 6.40. The molecule has 0 aromatic heterocycles. The average Bonchev–Trinajstić information content (AvgIpc) is 2.74. The smallest absolute Gasteiger partial charge is 0.243 e. The van der Waals surface area contributed by atoms with Gasteiger partial charge < -0.3 is 5.32 Å². The molecule has 0 saturated carbocycles. The first kappa shape index (κ1) is 23.5. The Kier molecular flexibility index (Phi) is 7.89. The number of carbonyl (C=O) groups excluding carboxylic acids is 1. The summed E-state index contributed by atoms with van der Waals surface area (Å²) in [6, 6.07) is 22.4. The summed E-state index contributed by atoms with van der Waals surface area (Å²) >= 11 is 9.29. The summed E-state index contributed by atoms with van der Waals surface area (Å²) in [6.45, 7) is 1.63. The van der Waals surface area contributed by atoms with Crippen LogP contribution in [0, 0.1) is 0 Å². The predicted octanol–water partition coefficient (Wildman–Crippen LogP) is 5.17. The number of carbonyl (C=O) groups is 1. The van der Waals surface area contributed by atoms with Crippen LogP contribution in [-0.2, 0) is 21.4 Å². The quantitative estimate of drug-likeness (QED) is 0.445. The standard InChI is InChI=1S/C23H22BrClN2O3S/c1-17(19-7-9-20(24)10-8-19)26-23(28)16-27(15-18-5-3-2-4-6-18)31(29,30)22-13-11-21(25)12-14-22/h2-14,17H,15-16H2,1H3,(H,26,28)/t17-/m1/s1. The van der Waals surface area contributed by atoms with Crippen molar-refractivity contribution in [2.24, 2.45) is 0 Å². The summed E-state index contributed by atoms with van der Waals surface area (Å²) in [4.78, 5) is 12.9. The van der Waals surface area contributed by atoms with Crippen LogP contribution in [0.25, 0.3) is 0 Å². The highest BCUT2D eigenvalue weighted by Gasteiger charge is 2.27. The molecule has 0 saturated heterocycles. The molecule has 3 rings (SSSR count). The van der Waals surface area contributed by atoms with Crippen LogP contribution >= 0.6 is 27.5 Å². The van der Waals surface area contributed by atoms with Gasteiger partial charge in [0.1, 0.15) is 0 Å². The third-order valence-electron chi connectivity index (χ3n) is 4.72. The molecule has 0 aliphatic carbocycles. The summed E-state index contributed by atoms with van der Waals surface area (Å²) in [5, 5.41) is 3.32. The van der Waals surface area contributed by atoms with Crippen molar-refractivity contribution in [3.8, 4) is 0 Å². The lowest BCUT2D eigenvalue weighted by molar-refractivity contribution is -0.122. The van der Waals surface area contributed by atoms with Gasteiger partial charge in [-0.2, -0.15) is 4.31 Å². The molecule has 8 heteroatoms. The zero-order chi connectivity index (χ0) is 22.4. The molecule has 0 radical (unpaired) electrons. The number of amides is 1. The fraction of sp³-hybridized carbons (Fsp3) is 0.174. The zero-order valence-electron chi connectivity index (χ0n) is 16.8. The van der Waals surface area contributed by atoms with Crippen LogP contribution in [0.1, 0.15) is 24.1 Å². The van der Waals surface area contributed by atoms with Crippen LogP contribution in [0.5, 0.6) is 0 Å². The van der Waals surface area contributed by atoms with Gasteiger partial charge in [0.15, 0.2) is 0 Å². The van der Waals surface area contributed by atoms with Crippen molar-refractivity contribution < 1.29 is 13.2 Å². The fourth-order valence-corrected chi connectivity index (χ4v) is 4.83. The lowest BCUT2D eigenvalue weighted by Crippen LogP contribution is -2.41. The SMILES string of the molecule is C[C@@H](NC(=O)CN(Cc1ccccc1)S(=O)(=O)c1ccc(Cl)cc1)c1ccc(Br)cc1. The van der Waals surface area contributed by atoms with Crippen molar-refractivity contribution in [2.75, 3.05) is 6.54 Å². The van der Waals surface area contributed by atoms with E-state index >= 15 is 0 Å². The lowest BCUT2D eigenvalue weighted by Gasteiger charge is -2.23. The van der Waals surface area contributed by atoms with Gasteiger partial charge in [-0.05, 0) is 54.4 Å². The predicted molar refractivity (Wildman–Crippen MR) is 126 cm³/mol. The normalized spacial score (nSPS) is 12.5. The van der Waals surface area contributed by atoms with E-state index < -0.39 is 10.0 Å². The summed E-state index contributed by atoms with van der Waals surface area (Å²) in [5.74, 6) is -0.385. The van der Waals surface area contributed by atoms with E-state index in [9.17, 15) is 13.2 Å². The monoisotopic (exact) mass is 520 g/mol. The van der Waals surface area contributed by atoms with E-state index in [1.165, 1.54) is 28.6 Å². The highest BCUT2D eigenvalue weighted by Crippen LogP contribution is 2.21.